The van der Waals surface area contributed by atoms with Crippen molar-refractivity contribution in [3.63, 3.8) is 0 Å². The number of aliphatic hydroxyl groups is 1. The maximum absolute atomic E-state index is 9.91. The molecule has 90 valence electrons. The molecule has 1 unspecified atom stereocenters. The van der Waals surface area contributed by atoms with Crippen molar-refractivity contribution in [3.8, 4) is 0 Å². The Kier molecular flexibility index (Phi) is 4.97. The molecule has 1 aromatic rings. The Morgan fingerprint density at radius 1 is 1.12 bits per heavy atom. The first-order valence-corrected chi connectivity index (χ1v) is 5.87. The minimum absolute atomic E-state index is 0.233. The molecule has 0 aliphatic carbocycles. The summed E-state index contributed by atoms with van der Waals surface area (Å²) in [7, 11) is 4.06. The molecule has 0 amide bonds. The summed E-state index contributed by atoms with van der Waals surface area (Å²) in [5, 5.41) is 9.91. The smallest absolute Gasteiger partial charge is 0.0592 e. The Morgan fingerprint density at radius 2 is 1.69 bits per heavy atom. The fourth-order valence-electron chi connectivity index (χ4n) is 1.97. The number of hydrogen-bond donors (Lipinski definition) is 1. The van der Waals surface area contributed by atoms with E-state index in [1.807, 2.05) is 14.1 Å². The van der Waals surface area contributed by atoms with Crippen molar-refractivity contribution in [2.24, 2.45) is 0 Å². The molecule has 16 heavy (non-hydrogen) atoms. The highest BCUT2D eigenvalue weighted by molar-refractivity contribution is 5.28. The number of aryl methyl sites for hydroxylation is 2. The van der Waals surface area contributed by atoms with Crippen LogP contribution in [0.15, 0.2) is 18.2 Å². The van der Waals surface area contributed by atoms with Crippen LogP contribution in [0.3, 0.4) is 0 Å². The van der Waals surface area contributed by atoms with E-state index in [9.17, 15) is 5.11 Å². The molecule has 2 heteroatoms. The first-order valence-electron chi connectivity index (χ1n) is 5.87. The molecule has 0 fully saturated rings. The zero-order valence-corrected chi connectivity index (χ0v) is 10.8. The lowest BCUT2D eigenvalue weighted by Gasteiger charge is -2.15. The monoisotopic (exact) mass is 221 g/mol. The summed E-state index contributed by atoms with van der Waals surface area (Å²) in [5.74, 6) is 0. The average molecular weight is 221 g/mol. The predicted molar refractivity (Wildman–Crippen MR) is 68.8 cm³/mol. The topological polar surface area (TPSA) is 23.5 Å². The lowest BCUT2D eigenvalue weighted by atomic mass is 10.0. The molecular weight excluding hydrogens is 198 g/mol. The zero-order valence-electron chi connectivity index (χ0n) is 10.8. The minimum Gasteiger partial charge on any atom is -0.393 e. The van der Waals surface area contributed by atoms with Crippen molar-refractivity contribution in [3.05, 3.63) is 34.9 Å². The van der Waals surface area contributed by atoms with Crippen LogP contribution in [0.2, 0.25) is 0 Å². The van der Waals surface area contributed by atoms with E-state index in [2.05, 4.69) is 36.9 Å². The molecule has 0 aromatic heterocycles. The van der Waals surface area contributed by atoms with Gasteiger partial charge in [0.15, 0.2) is 0 Å². The number of benzene rings is 1. The van der Waals surface area contributed by atoms with Gasteiger partial charge in [-0.15, -0.1) is 0 Å². The van der Waals surface area contributed by atoms with Crippen LogP contribution < -0.4 is 0 Å². The summed E-state index contributed by atoms with van der Waals surface area (Å²) in [5.41, 5.74) is 3.79. The molecule has 0 bridgehead atoms. The molecule has 0 saturated heterocycles. The van der Waals surface area contributed by atoms with Crippen LogP contribution in [0.1, 0.15) is 23.1 Å². The van der Waals surface area contributed by atoms with Gasteiger partial charge in [-0.1, -0.05) is 29.3 Å². The summed E-state index contributed by atoms with van der Waals surface area (Å²) in [6.07, 6.45) is 1.36. The summed E-state index contributed by atoms with van der Waals surface area (Å²) < 4.78 is 0. The molecule has 1 atom stereocenters. The Hall–Kier alpha value is -0.860. The van der Waals surface area contributed by atoms with Gasteiger partial charge < -0.3 is 10.0 Å². The summed E-state index contributed by atoms with van der Waals surface area (Å²) in [6.45, 7) is 5.14. The third kappa shape index (κ3) is 4.77. The fourth-order valence-corrected chi connectivity index (χ4v) is 1.97. The van der Waals surface area contributed by atoms with Crippen LogP contribution in [0.5, 0.6) is 0 Å². The highest BCUT2D eigenvalue weighted by Gasteiger charge is 2.06. The maximum atomic E-state index is 9.91. The van der Waals surface area contributed by atoms with E-state index in [4.69, 9.17) is 0 Å². The van der Waals surface area contributed by atoms with Crippen LogP contribution in [0.25, 0.3) is 0 Å². The highest BCUT2D eigenvalue weighted by Crippen LogP contribution is 2.12. The van der Waals surface area contributed by atoms with Crippen molar-refractivity contribution < 1.29 is 5.11 Å². The third-order valence-corrected chi connectivity index (χ3v) is 2.66. The van der Waals surface area contributed by atoms with Gasteiger partial charge in [-0.25, -0.2) is 0 Å². The van der Waals surface area contributed by atoms with Crippen molar-refractivity contribution in [2.75, 3.05) is 20.6 Å². The molecule has 0 heterocycles. The van der Waals surface area contributed by atoms with Gasteiger partial charge in [-0.2, -0.15) is 0 Å². The Balaban J connectivity index is 2.52. The lowest BCUT2D eigenvalue weighted by Crippen LogP contribution is -2.20. The Bertz CT molecular complexity index is 313. The van der Waals surface area contributed by atoms with E-state index < -0.39 is 0 Å². The molecular formula is C14H23NO. The normalized spacial score (nSPS) is 13.1. The van der Waals surface area contributed by atoms with Gasteiger partial charge in [0.1, 0.15) is 0 Å². The first kappa shape index (κ1) is 13.2. The number of nitrogens with zero attached hydrogens (tertiary/aromatic N) is 1. The van der Waals surface area contributed by atoms with Crippen molar-refractivity contribution in [1.29, 1.82) is 0 Å². The van der Waals surface area contributed by atoms with E-state index >= 15 is 0 Å². The number of hydrogen-bond acceptors (Lipinski definition) is 2. The minimum atomic E-state index is -0.233. The molecule has 0 radical (unpaired) electrons. The van der Waals surface area contributed by atoms with Crippen LogP contribution >= 0.6 is 0 Å². The first-order chi connectivity index (χ1) is 7.47. The van der Waals surface area contributed by atoms with E-state index in [0.717, 1.165) is 19.4 Å². The summed E-state index contributed by atoms with van der Waals surface area (Å²) in [6, 6.07) is 6.48. The van der Waals surface area contributed by atoms with Gasteiger partial charge in [0, 0.05) is 0 Å². The molecule has 0 aliphatic rings. The molecule has 2 nitrogen and oxygen atoms in total. The molecule has 0 aliphatic heterocycles. The van der Waals surface area contributed by atoms with Gasteiger partial charge in [0.05, 0.1) is 6.10 Å². The Labute approximate surface area is 98.9 Å². The van der Waals surface area contributed by atoms with Gasteiger partial charge in [0.2, 0.25) is 0 Å². The van der Waals surface area contributed by atoms with Crippen LogP contribution in [-0.4, -0.2) is 36.8 Å². The summed E-state index contributed by atoms with van der Waals surface area (Å²) >= 11 is 0. The second-order valence-corrected chi connectivity index (χ2v) is 4.95. The zero-order chi connectivity index (χ0) is 12.1. The van der Waals surface area contributed by atoms with Gasteiger partial charge in [-0.3, -0.25) is 0 Å². The summed E-state index contributed by atoms with van der Waals surface area (Å²) in [4.78, 5) is 2.10. The van der Waals surface area contributed by atoms with E-state index in [1.165, 1.54) is 16.7 Å². The third-order valence-electron chi connectivity index (χ3n) is 2.66. The maximum Gasteiger partial charge on any atom is 0.0592 e. The lowest BCUT2D eigenvalue weighted by molar-refractivity contribution is 0.152. The van der Waals surface area contributed by atoms with Crippen molar-refractivity contribution in [1.82, 2.24) is 4.90 Å². The van der Waals surface area contributed by atoms with Gasteiger partial charge in [0.25, 0.3) is 0 Å². The SMILES string of the molecule is Cc1cc(C)cc(CC(O)CCN(C)C)c1. The second kappa shape index (κ2) is 6.02. The van der Waals surface area contributed by atoms with Crippen LogP contribution in [0.4, 0.5) is 0 Å². The standard InChI is InChI=1S/C14H23NO/c1-11-7-12(2)9-13(8-11)10-14(16)5-6-15(3)4/h7-9,14,16H,5-6,10H2,1-4H3. The predicted octanol–water partition coefficient (Wildman–Crippen LogP) is 2.16. The molecule has 1 N–H and O–H groups in total. The average Bonchev–Trinajstić information content (AvgIpc) is 2.12. The Morgan fingerprint density at radius 3 is 2.19 bits per heavy atom. The van der Waals surface area contributed by atoms with E-state index in [1.54, 1.807) is 0 Å². The molecule has 0 spiro atoms. The molecule has 0 saturated carbocycles. The number of aliphatic hydroxyl groups excluding tert-OH is 1. The van der Waals surface area contributed by atoms with Gasteiger partial charge >= 0.3 is 0 Å². The quantitative estimate of drug-likeness (QED) is 0.823. The van der Waals surface area contributed by atoms with E-state index in [-0.39, 0.29) is 6.10 Å². The largest absolute Gasteiger partial charge is 0.393 e. The molecule has 1 rings (SSSR count). The second-order valence-electron chi connectivity index (χ2n) is 4.95. The van der Waals surface area contributed by atoms with Crippen LogP contribution in [0, 0.1) is 13.8 Å². The van der Waals surface area contributed by atoms with Crippen molar-refractivity contribution in [2.45, 2.75) is 32.8 Å². The highest BCUT2D eigenvalue weighted by atomic mass is 16.3. The molecule has 1 aromatic carbocycles. The van der Waals surface area contributed by atoms with Crippen LogP contribution in [-0.2, 0) is 6.42 Å². The fraction of sp³-hybridized carbons (Fsp3) is 0.571. The van der Waals surface area contributed by atoms with E-state index in [0.29, 0.717) is 0 Å². The van der Waals surface area contributed by atoms with Gasteiger partial charge in [-0.05, 0) is 52.9 Å². The van der Waals surface area contributed by atoms with Crippen molar-refractivity contribution >= 4 is 0 Å². The number of rotatable bonds is 5.